The van der Waals surface area contributed by atoms with Crippen molar-refractivity contribution in [1.82, 2.24) is 19.6 Å². The van der Waals surface area contributed by atoms with Gasteiger partial charge in [-0.15, -0.1) is 0 Å². The molecule has 2 aliphatic rings. The molecule has 7 nitrogen and oxygen atoms in total. The average molecular weight is 411 g/mol. The molecule has 4 rings (SSSR count). The standard InChI is InChI=1S/C23H34N6O/c1-3-26-13-15-27(16-14-26)22-8-6-5-7-21(22)25-23(30)28-11-9-19(10-12-28)20-17-24-29(4-2)18-20/h5-8,17-19H,3-4,9-16H2,1-2H3,(H,25,30). The van der Waals surface area contributed by atoms with E-state index in [9.17, 15) is 4.79 Å². The molecule has 0 unspecified atom stereocenters. The van der Waals surface area contributed by atoms with E-state index in [0.717, 1.165) is 76.6 Å². The van der Waals surface area contributed by atoms with E-state index < -0.39 is 0 Å². The Kier molecular flexibility index (Phi) is 6.57. The number of urea groups is 1. The van der Waals surface area contributed by atoms with Crippen molar-refractivity contribution >= 4 is 17.4 Å². The van der Waals surface area contributed by atoms with E-state index in [1.807, 2.05) is 27.9 Å². The van der Waals surface area contributed by atoms with Crippen LogP contribution in [0.1, 0.15) is 38.2 Å². The molecule has 0 atom stereocenters. The SMILES string of the molecule is CCN1CCN(c2ccccc2NC(=O)N2CCC(c3cnn(CC)c3)CC2)CC1. The first-order valence-corrected chi connectivity index (χ1v) is 11.3. The fourth-order valence-corrected chi connectivity index (χ4v) is 4.53. The molecule has 30 heavy (non-hydrogen) atoms. The molecule has 0 saturated carbocycles. The number of nitrogens with one attached hydrogen (secondary N) is 1. The van der Waals surface area contributed by atoms with Crippen LogP contribution in [-0.2, 0) is 6.54 Å². The Hall–Kier alpha value is -2.54. The zero-order valence-electron chi connectivity index (χ0n) is 18.3. The van der Waals surface area contributed by atoms with Gasteiger partial charge in [0.15, 0.2) is 0 Å². The second-order valence-corrected chi connectivity index (χ2v) is 8.26. The predicted molar refractivity (Wildman–Crippen MR) is 121 cm³/mol. The van der Waals surface area contributed by atoms with E-state index in [1.54, 1.807) is 0 Å². The van der Waals surface area contributed by atoms with Crippen LogP contribution in [0.2, 0.25) is 0 Å². The Morgan fingerprint density at radius 3 is 2.43 bits per heavy atom. The number of aromatic nitrogens is 2. The van der Waals surface area contributed by atoms with Crippen LogP contribution in [-0.4, -0.2) is 71.4 Å². The van der Waals surface area contributed by atoms with Crippen LogP contribution in [0.5, 0.6) is 0 Å². The number of anilines is 2. The minimum Gasteiger partial charge on any atom is -0.367 e. The molecule has 1 aromatic carbocycles. The smallest absolute Gasteiger partial charge is 0.321 e. The molecule has 2 aromatic rings. The van der Waals surface area contributed by atoms with Crippen LogP contribution in [0.3, 0.4) is 0 Å². The van der Waals surface area contributed by atoms with Crippen LogP contribution in [0.4, 0.5) is 16.2 Å². The van der Waals surface area contributed by atoms with Gasteiger partial charge in [-0.1, -0.05) is 19.1 Å². The monoisotopic (exact) mass is 410 g/mol. The van der Waals surface area contributed by atoms with Crippen molar-refractivity contribution in [2.45, 2.75) is 39.2 Å². The first-order chi connectivity index (χ1) is 14.7. The number of hydrogen-bond donors (Lipinski definition) is 1. The highest BCUT2D eigenvalue weighted by atomic mass is 16.2. The molecule has 0 radical (unpaired) electrons. The zero-order valence-corrected chi connectivity index (χ0v) is 18.3. The van der Waals surface area contributed by atoms with Gasteiger partial charge in [-0.3, -0.25) is 4.68 Å². The van der Waals surface area contributed by atoms with Crippen LogP contribution < -0.4 is 10.2 Å². The molecule has 0 bridgehead atoms. The Morgan fingerprint density at radius 1 is 1.03 bits per heavy atom. The third-order valence-electron chi connectivity index (χ3n) is 6.54. The van der Waals surface area contributed by atoms with Gasteiger partial charge in [0, 0.05) is 52.0 Å². The maximum atomic E-state index is 13.0. The number of nitrogens with zero attached hydrogens (tertiary/aromatic N) is 5. The Balaban J connectivity index is 1.34. The van der Waals surface area contributed by atoms with E-state index in [4.69, 9.17) is 0 Å². The third kappa shape index (κ3) is 4.61. The molecule has 1 N–H and O–H groups in total. The molecule has 0 aliphatic carbocycles. The Morgan fingerprint density at radius 2 is 1.77 bits per heavy atom. The van der Waals surface area contributed by atoms with E-state index in [0.29, 0.717) is 5.92 Å². The minimum atomic E-state index is 0.0114. The van der Waals surface area contributed by atoms with Gasteiger partial charge in [-0.25, -0.2) is 4.79 Å². The summed E-state index contributed by atoms with van der Waals surface area (Å²) in [5.74, 6) is 0.497. The zero-order chi connectivity index (χ0) is 20.9. The molecule has 7 heteroatoms. The highest BCUT2D eigenvalue weighted by Gasteiger charge is 2.26. The van der Waals surface area contributed by atoms with Crippen molar-refractivity contribution in [2.24, 2.45) is 0 Å². The molecule has 2 fully saturated rings. The number of piperidine rings is 1. The summed E-state index contributed by atoms with van der Waals surface area (Å²) in [6, 6.07) is 8.20. The summed E-state index contributed by atoms with van der Waals surface area (Å²) in [5, 5.41) is 7.59. The molecule has 162 valence electrons. The van der Waals surface area contributed by atoms with Gasteiger partial charge in [0.05, 0.1) is 17.6 Å². The summed E-state index contributed by atoms with van der Waals surface area (Å²) in [6.07, 6.45) is 6.11. The van der Waals surface area contributed by atoms with Gasteiger partial charge >= 0.3 is 6.03 Å². The number of hydrogen-bond acceptors (Lipinski definition) is 4. The van der Waals surface area contributed by atoms with Gasteiger partial charge in [0.1, 0.15) is 0 Å². The lowest BCUT2D eigenvalue weighted by Crippen LogP contribution is -2.46. The van der Waals surface area contributed by atoms with Crippen LogP contribution >= 0.6 is 0 Å². The largest absolute Gasteiger partial charge is 0.367 e. The number of amides is 2. The highest BCUT2D eigenvalue weighted by molar-refractivity contribution is 5.93. The first kappa shape index (κ1) is 20.7. The van der Waals surface area contributed by atoms with Crippen molar-refractivity contribution in [3.05, 3.63) is 42.2 Å². The number of likely N-dealkylation sites (N-methyl/N-ethyl adjacent to an activating group) is 1. The van der Waals surface area contributed by atoms with Crippen molar-refractivity contribution in [2.75, 3.05) is 56.0 Å². The number of para-hydroxylation sites is 2. The lowest BCUT2D eigenvalue weighted by molar-refractivity contribution is 0.194. The van der Waals surface area contributed by atoms with Gasteiger partial charge in [0.25, 0.3) is 0 Å². The van der Waals surface area contributed by atoms with E-state index in [2.05, 4.69) is 52.4 Å². The van der Waals surface area contributed by atoms with Gasteiger partial charge in [0.2, 0.25) is 0 Å². The van der Waals surface area contributed by atoms with E-state index >= 15 is 0 Å². The molecule has 2 saturated heterocycles. The Labute approximate surface area is 179 Å². The summed E-state index contributed by atoms with van der Waals surface area (Å²) in [4.78, 5) is 19.8. The molecular weight excluding hydrogens is 376 g/mol. The summed E-state index contributed by atoms with van der Waals surface area (Å²) in [7, 11) is 0. The molecule has 1 aromatic heterocycles. The molecule has 0 spiro atoms. The topological polar surface area (TPSA) is 56.6 Å². The summed E-state index contributed by atoms with van der Waals surface area (Å²) < 4.78 is 1.98. The number of piperazine rings is 1. The second kappa shape index (κ2) is 9.51. The van der Waals surface area contributed by atoms with Crippen molar-refractivity contribution in [3.8, 4) is 0 Å². The average Bonchev–Trinajstić information content (AvgIpc) is 3.29. The number of carbonyl (C=O) groups is 1. The summed E-state index contributed by atoms with van der Waals surface area (Å²) >= 11 is 0. The number of likely N-dealkylation sites (tertiary alicyclic amines) is 1. The first-order valence-electron chi connectivity index (χ1n) is 11.3. The molecule has 2 aliphatic heterocycles. The maximum absolute atomic E-state index is 13.0. The second-order valence-electron chi connectivity index (χ2n) is 8.26. The minimum absolute atomic E-state index is 0.0114. The normalized spacial score (nSPS) is 18.6. The maximum Gasteiger partial charge on any atom is 0.321 e. The quantitative estimate of drug-likeness (QED) is 0.820. The lowest BCUT2D eigenvalue weighted by Gasteiger charge is -2.37. The van der Waals surface area contributed by atoms with E-state index in [-0.39, 0.29) is 6.03 Å². The van der Waals surface area contributed by atoms with Crippen LogP contribution in [0, 0.1) is 0 Å². The number of aryl methyl sites for hydroxylation is 1. The molecule has 3 heterocycles. The third-order valence-corrected chi connectivity index (χ3v) is 6.54. The number of rotatable bonds is 5. The lowest BCUT2D eigenvalue weighted by atomic mass is 9.92. The van der Waals surface area contributed by atoms with Crippen molar-refractivity contribution in [1.29, 1.82) is 0 Å². The number of benzene rings is 1. The van der Waals surface area contributed by atoms with Gasteiger partial charge in [-0.2, -0.15) is 5.10 Å². The fourth-order valence-electron chi connectivity index (χ4n) is 4.53. The molecular formula is C23H34N6O. The summed E-state index contributed by atoms with van der Waals surface area (Å²) in [5.41, 5.74) is 3.34. The van der Waals surface area contributed by atoms with Crippen molar-refractivity contribution < 1.29 is 4.79 Å². The van der Waals surface area contributed by atoms with Crippen LogP contribution in [0.15, 0.2) is 36.7 Å². The van der Waals surface area contributed by atoms with Gasteiger partial charge < -0.3 is 20.0 Å². The number of carbonyl (C=O) groups excluding carboxylic acids is 1. The van der Waals surface area contributed by atoms with E-state index in [1.165, 1.54) is 5.56 Å². The highest BCUT2D eigenvalue weighted by Crippen LogP contribution is 2.30. The van der Waals surface area contributed by atoms with Crippen molar-refractivity contribution in [3.63, 3.8) is 0 Å². The summed E-state index contributed by atoms with van der Waals surface area (Å²) in [6.45, 7) is 12.0. The Bertz CT molecular complexity index is 834. The van der Waals surface area contributed by atoms with Crippen LogP contribution in [0.25, 0.3) is 0 Å². The van der Waals surface area contributed by atoms with Gasteiger partial charge in [-0.05, 0) is 49.9 Å². The molecule has 2 amide bonds. The fraction of sp³-hybridized carbons (Fsp3) is 0.565. The predicted octanol–water partition coefficient (Wildman–Crippen LogP) is 3.46.